The highest BCUT2D eigenvalue weighted by Gasteiger charge is 2.23. The number of aromatic nitrogens is 4. The van der Waals surface area contributed by atoms with E-state index in [4.69, 9.17) is 4.74 Å². The maximum atomic E-state index is 12.5. The normalized spacial score (nSPS) is 18.2. The number of carbonyl (C=O) groups excluding carboxylic acids is 1. The first-order chi connectivity index (χ1) is 12.3. The number of nitrogens with one attached hydrogen (secondary N) is 1. The lowest BCUT2D eigenvalue weighted by Crippen LogP contribution is -2.32. The zero-order chi connectivity index (χ0) is 17.5. The quantitative estimate of drug-likeness (QED) is 0.725. The standard InChI is InChI=1S/C17H23N5O2S/c1-2-15(16(23)18-11-13-7-4-3-5-8-13)25-17-19-20-21-22(17)12-14-9-6-10-24-14/h3-5,7-8,14-15H,2,6,9-12H2,1H3,(H,18,23). The molecule has 0 bridgehead atoms. The van der Waals surface area contributed by atoms with Gasteiger partial charge in [-0.3, -0.25) is 4.79 Å². The van der Waals surface area contributed by atoms with Crippen LogP contribution in [0, 0.1) is 0 Å². The average molecular weight is 361 g/mol. The zero-order valence-electron chi connectivity index (χ0n) is 14.3. The van der Waals surface area contributed by atoms with E-state index in [0.29, 0.717) is 24.7 Å². The van der Waals surface area contributed by atoms with Crippen LogP contribution in [0.3, 0.4) is 0 Å². The van der Waals surface area contributed by atoms with Gasteiger partial charge in [0.25, 0.3) is 0 Å². The Balaban J connectivity index is 1.56. The summed E-state index contributed by atoms with van der Waals surface area (Å²) in [5.41, 5.74) is 1.08. The van der Waals surface area contributed by atoms with Crippen LogP contribution < -0.4 is 5.32 Å². The zero-order valence-corrected chi connectivity index (χ0v) is 15.1. The molecule has 2 aromatic rings. The Morgan fingerprint density at radius 1 is 1.44 bits per heavy atom. The van der Waals surface area contributed by atoms with Gasteiger partial charge in [-0.15, -0.1) is 5.10 Å². The molecule has 1 amide bonds. The van der Waals surface area contributed by atoms with Crippen LogP contribution in [0.4, 0.5) is 0 Å². The van der Waals surface area contributed by atoms with Crippen LogP contribution in [0.15, 0.2) is 35.5 Å². The summed E-state index contributed by atoms with van der Waals surface area (Å²) in [6.07, 6.45) is 2.97. The molecule has 1 aliphatic rings. The second-order valence-corrected chi connectivity index (χ2v) is 7.17. The number of hydrogen-bond acceptors (Lipinski definition) is 6. The van der Waals surface area contributed by atoms with E-state index in [9.17, 15) is 4.79 Å². The number of thioether (sulfide) groups is 1. The van der Waals surface area contributed by atoms with E-state index < -0.39 is 0 Å². The van der Waals surface area contributed by atoms with Crippen molar-refractivity contribution in [1.82, 2.24) is 25.5 Å². The summed E-state index contributed by atoms with van der Waals surface area (Å²) in [5.74, 6) is 0.00280. The molecular weight excluding hydrogens is 338 g/mol. The third-order valence-electron chi connectivity index (χ3n) is 4.12. The van der Waals surface area contributed by atoms with Crippen LogP contribution in [0.1, 0.15) is 31.7 Å². The first kappa shape index (κ1) is 17.9. The lowest BCUT2D eigenvalue weighted by molar-refractivity contribution is -0.120. The Morgan fingerprint density at radius 3 is 3.00 bits per heavy atom. The number of rotatable bonds is 8. The lowest BCUT2D eigenvalue weighted by Gasteiger charge is -2.15. The molecule has 7 nitrogen and oxygen atoms in total. The fraction of sp³-hybridized carbons (Fsp3) is 0.529. The second kappa shape index (κ2) is 8.96. The Bertz CT molecular complexity index is 673. The van der Waals surface area contributed by atoms with Crippen molar-refractivity contribution < 1.29 is 9.53 Å². The molecule has 1 N–H and O–H groups in total. The number of nitrogens with zero attached hydrogens (tertiary/aromatic N) is 4. The topological polar surface area (TPSA) is 81.9 Å². The molecule has 3 rings (SSSR count). The molecule has 1 aromatic heterocycles. The van der Waals surface area contributed by atoms with Gasteiger partial charge < -0.3 is 10.1 Å². The molecule has 8 heteroatoms. The maximum Gasteiger partial charge on any atom is 0.233 e. The van der Waals surface area contributed by atoms with Crippen molar-refractivity contribution in [3.8, 4) is 0 Å². The fourth-order valence-corrected chi connectivity index (χ4v) is 3.65. The van der Waals surface area contributed by atoms with E-state index in [1.165, 1.54) is 11.8 Å². The third kappa shape index (κ3) is 5.02. The minimum atomic E-state index is -0.224. The monoisotopic (exact) mass is 361 g/mol. The highest BCUT2D eigenvalue weighted by molar-refractivity contribution is 8.00. The Morgan fingerprint density at radius 2 is 2.28 bits per heavy atom. The van der Waals surface area contributed by atoms with Gasteiger partial charge in [-0.25, -0.2) is 4.68 Å². The second-order valence-electron chi connectivity index (χ2n) is 6.00. The van der Waals surface area contributed by atoms with Gasteiger partial charge in [0, 0.05) is 13.2 Å². The van der Waals surface area contributed by atoms with Gasteiger partial charge in [-0.05, 0) is 35.3 Å². The van der Waals surface area contributed by atoms with Crippen LogP contribution in [0.5, 0.6) is 0 Å². The number of carbonyl (C=O) groups is 1. The van der Waals surface area contributed by atoms with Crippen molar-refractivity contribution in [2.75, 3.05) is 6.61 Å². The molecule has 1 fully saturated rings. The van der Waals surface area contributed by atoms with Crippen LogP contribution >= 0.6 is 11.8 Å². The van der Waals surface area contributed by atoms with Crippen molar-refractivity contribution in [2.24, 2.45) is 0 Å². The molecule has 25 heavy (non-hydrogen) atoms. The Kier molecular flexibility index (Phi) is 6.41. The number of amides is 1. The number of ether oxygens (including phenoxy) is 1. The van der Waals surface area contributed by atoms with E-state index in [1.54, 1.807) is 4.68 Å². The predicted molar refractivity (Wildman–Crippen MR) is 95.0 cm³/mol. The average Bonchev–Trinajstić information content (AvgIpc) is 3.31. The summed E-state index contributed by atoms with van der Waals surface area (Å²) < 4.78 is 7.39. The Hall–Kier alpha value is -1.93. The molecule has 2 unspecified atom stereocenters. The van der Waals surface area contributed by atoms with Gasteiger partial charge in [0.2, 0.25) is 11.1 Å². The van der Waals surface area contributed by atoms with Gasteiger partial charge in [-0.1, -0.05) is 49.0 Å². The molecule has 0 aliphatic carbocycles. The molecule has 0 radical (unpaired) electrons. The highest BCUT2D eigenvalue weighted by atomic mass is 32.2. The molecule has 2 heterocycles. The largest absolute Gasteiger partial charge is 0.376 e. The summed E-state index contributed by atoms with van der Waals surface area (Å²) in [7, 11) is 0. The van der Waals surface area contributed by atoms with Crippen LogP contribution in [0.2, 0.25) is 0 Å². The van der Waals surface area contributed by atoms with Gasteiger partial charge >= 0.3 is 0 Å². The molecule has 134 valence electrons. The molecule has 1 saturated heterocycles. The first-order valence-corrected chi connectivity index (χ1v) is 9.50. The van der Waals surface area contributed by atoms with E-state index in [1.807, 2.05) is 37.3 Å². The molecule has 0 saturated carbocycles. The molecular formula is C17H23N5O2S. The predicted octanol–water partition coefficient (Wildman–Crippen LogP) is 2.04. The summed E-state index contributed by atoms with van der Waals surface area (Å²) >= 11 is 1.41. The van der Waals surface area contributed by atoms with Gasteiger partial charge in [0.15, 0.2) is 0 Å². The summed E-state index contributed by atoms with van der Waals surface area (Å²) in [6, 6.07) is 9.89. The smallest absolute Gasteiger partial charge is 0.233 e. The first-order valence-electron chi connectivity index (χ1n) is 8.62. The molecule has 2 atom stereocenters. The molecule has 0 spiro atoms. The van der Waals surface area contributed by atoms with Crippen LogP contribution in [-0.2, 0) is 22.6 Å². The third-order valence-corrected chi connectivity index (χ3v) is 5.46. The van der Waals surface area contributed by atoms with Crippen LogP contribution in [-0.4, -0.2) is 44.1 Å². The summed E-state index contributed by atoms with van der Waals surface area (Å²) in [4.78, 5) is 12.5. The van der Waals surface area contributed by atoms with Gasteiger partial charge in [0.1, 0.15) is 0 Å². The fourth-order valence-electron chi connectivity index (χ4n) is 2.73. The van der Waals surface area contributed by atoms with E-state index >= 15 is 0 Å². The maximum absolute atomic E-state index is 12.5. The number of hydrogen-bond donors (Lipinski definition) is 1. The molecule has 1 aliphatic heterocycles. The van der Waals surface area contributed by atoms with E-state index in [0.717, 1.165) is 25.0 Å². The van der Waals surface area contributed by atoms with Crippen LogP contribution in [0.25, 0.3) is 0 Å². The van der Waals surface area contributed by atoms with Gasteiger partial charge in [-0.2, -0.15) is 0 Å². The van der Waals surface area contributed by atoms with E-state index in [-0.39, 0.29) is 17.3 Å². The van der Waals surface area contributed by atoms with Crippen molar-refractivity contribution >= 4 is 17.7 Å². The van der Waals surface area contributed by atoms with Crippen molar-refractivity contribution in [2.45, 2.75) is 55.8 Å². The van der Waals surface area contributed by atoms with Crippen molar-refractivity contribution in [3.63, 3.8) is 0 Å². The lowest BCUT2D eigenvalue weighted by atomic mass is 10.2. The highest BCUT2D eigenvalue weighted by Crippen LogP contribution is 2.24. The van der Waals surface area contributed by atoms with Crippen molar-refractivity contribution in [3.05, 3.63) is 35.9 Å². The minimum absolute atomic E-state index is 0.00280. The SMILES string of the molecule is CCC(Sc1nnnn1CC1CCCO1)C(=O)NCc1ccccc1. The van der Waals surface area contributed by atoms with Crippen molar-refractivity contribution in [1.29, 1.82) is 0 Å². The number of tetrazole rings is 1. The Labute approximate surface area is 151 Å². The number of benzene rings is 1. The summed E-state index contributed by atoms with van der Waals surface area (Å²) in [5, 5.41) is 15.3. The van der Waals surface area contributed by atoms with Gasteiger partial charge in [0.05, 0.1) is 17.9 Å². The minimum Gasteiger partial charge on any atom is -0.376 e. The molecule has 1 aromatic carbocycles. The van der Waals surface area contributed by atoms with E-state index in [2.05, 4.69) is 20.8 Å². The summed E-state index contributed by atoms with van der Waals surface area (Å²) in [6.45, 7) is 3.96.